The van der Waals surface area contributed by atoms with Crippen molar-refractivity contribution in [1.82, 2.24) is 0 Å². The van der Waals surface area contributed by atoms with Gasteiger partial charge in [-0.1, -0.05) is 19.1 Å². The van der Waals surface area contributed by atoms with E-state index in [1.54, 1.807) is 6.08 Å². The lowest BCUT2D eigenvalue weighted by Crippen LogP contribution is -2.15. The molecule has 0 saturated heterocycles. The fourth-order valence-corrected chi connectivity index (χ4v) is 1.49. The highest BCUT2D eigenvalue weighted by molar-refractivity contribution is 5.83. The third-order valence-electron chi connectivity index (χ3n) is 2.21. The molecule has 0 saturated carbocycles. The van der Waals surface area contributed by atoms with Crippen molar-refractivity contribution in [3.8, 4) is 0 Å². The Bertz CT molecular complexity index is 253. The lowest BCUT2D eigenvalue weighted by atomic mass is 9.93. The predicted octanol–water partition coefficient (Wildman–Crippen LogP) is 1.78. The second-order valence-electron chi connectivity index (χ2n) is 3.32. The van der Waals surface area contributed by atoms with Gasteiger partial charge in [0.1, 0.15) is 11.5 Å². The lowest BCUT2D eigenvalue weighted by Gasteiger charge is -2.16. The fourth-order valence-electron chi connectivity index (χ4n) is 1.49. The molecule has 0 fully saturated rings. The Hall–Kier alpha value is -1.09. The van der Waals surface area contributed by atoms with Crippen molar-refractivity contribution in [3.63, 3.8) is 0 Å². The molecule has 0 amide bonds. The maximum atomic E-state index is 11.6. The molecular formula is C11H16O3. The molecule has 1 N–H and O–H groups in total. The van der Waals surface area contributed by atoms with Crippen LogP contribution in [0.2, 0.25) is 0 Å². The molecule has 1 rings (SSSR count). The van der Waals surface area contributed by atoms with E-state index in [0.29, 0.717) is 18.6 Å². The van der Waals surface area contributed by atoms with Crippen LogP contribution in [-0.4, -0.2) is 17.7 Å². The van der Waals surface area contributed by atoms with Gasteiger partial charge in [-0.25, -0.2) is 0 Å². The van der Waals surface area contributed by atoms with Crippen LogP contribution in [0.15, 0.2) is 24.0 Å². The summed E-state index contributed by atoms with van der Waals surface area (Å²) in [6.07, 6.45) is 7.56. The Morgan fingerprint density at radius 3 is 3.14 bits per heavy atom. The molecule has 1 unspecified atom stereocenters. The first-order chi connectivity index (χ1) is 6.77. The van der Waals surface area contributed by atoms with Crippen LogP contribution in [0.4, 0.5) is 0 Å². The van der Waals surface area contributed by atoms with E-state index in [1.165, 1.54) is 0 Å². The van der Waals surface area contributed by atoms with E-state index < -0.39 is 0 Å². The number of aliphatic hydroxyl groups excluding tert-OH is 1. The van der Waals surface area contributed by atoms with E-state index in [-0.39, 0.29) is 18.5 Å². The third-order valence-corrected chi connectivity index (χ3v) is 2.21. The number of carbonyl (C=O) groups is 1. The molecule has 0 heterocycles. The molecule has 0 radical (unpaired) electrons. The smallest absolute Gasteiger partial charge is 0.185 e. The Morgan fingerprint density at radius 1 is 1.71 bits per heavy atom. The summed E-state index contributed by atoms with van der Waals surface area (Å²) in [6.45, 7) is 1.67. The SMILES string of the molecule is CCCC(=O)C1C=CC=C(OCO)C1. The van der Waals surface area contributed by atoms with Gasteiger partial charge in [0.2, 0.25) is 0 Å². The molecule has 0 spiro atoms. The summed E-state index contributed by atoms with van der Waals surface area (Å²) < 4.78 is 4.95. The summed E-state index contributed by atoms with van der Waals surface area (Å²) in [6, 6.07) is 0. The Morgan fingerprint density at radius 2 is 2.50 bits per heavy atom. The molecule has 1 aliphatic rings. The van der Waals surface area contributed by atoms with Gasteiger partial charge in [-0.3, -0.25) is 4.79 Å². The summed E-state index contributed by atoms with van der Waals surface area (Å²) in [5.41, 5.74) is 0. The molecule has 14 heavy (non-hydrogen) atoms. The number of allylic oxidation sites excluding steroid dienone is 4. The first-order valence-corrected chi connectivity index (χ1v) is 4.91. The van der Waals surface area contributed by atoms with Crippen molar-refractivity contribution < 1.29 is 14.6 Å². The van der Waals surface area contributed by atoms with Gasteiger partial charge in [-0.05, 0) is 12.5 Å². The van der Waals surface area contributed by atoms with Crippen LogP contribution >= 0.6 is 0 Å². The number of ketones is 1. The highest BCUT2D eigenvalue weighted by atomic mass is 16.6. The second-order valence-corrected chi connectivity index (χ2v) is 3.32. The van der Waals surface area contributed by atoms with Crippen LogP contribution < -0.4 is 0 Å². The van der Waals surface area contributed by atoms with Crippen LogP contribution in [0.25, 0.3) is 0 Å². The highest BCUT2D eigenvalue weighted by Crippen LogP contribution is 2.21. The number of hydrogen-bond acceptors (Lipinski definition) is 3. The summed E-state index contributed by atoms with van der Waals surface area (Å²) in [7, 11) is 0. The van der Waals surface area contributed by atoms with Crippen LogP contribution in [0.3, 0.4) is 0 Å². The van der Waals surface area contributed by atoms with Gasteiger partial charge in [0.25, 0.3) is 0 Å². The number of hydrogen-bond donors (Lipinski definition) is 1. The Labute approximate surface area is 84.1 Å². The largest absolute Gasteiger partial charge is 0.472 e. The number of rotatable bonds is 5. The Kier molecular flexibility index (Phi) is 4.40. The number of aliphatic hydroxyl groups is 1. The maximum absolute atomic E-state index is 11.6. The van der Waals surface area contributed by atoms with Crippen LogP contribution in [0.1, 0.15) is 26.2 Å². The summed E-state index contributed by atoms with van der Waals surface area (Å²) >= 11 is 0. The molecule has 0 aromatic carbocycles. The van der Waals surface area contributed by atoms with E-state index in [0.717, 1.165) is 6.42 Å². The first kappa shape index (κ1) is 11.0. The van der Waals surface area contributed by atoms with E-state index in [1.807, 2.05) is 19.1 Å². The van der Waals surface area contributed by atoms with Crippen molar-refractivity contribution in [2.24, 2.45) is 5.92 Å². The van der Waals surface area contributed by atoms with Gasteiger partial charge in [0.05, 0.1) is 0 Å². The molecule has 0 aromatic rings. The lowest BCUT2D eigenvalue weighted by molar-refractivity contribution is -0.121. The highest BCUT2D eigenvalue weighted by Gasteiger charge is 2.18. The van der Waals surface area contributed by atoms with Crippen LogP contribution in [0.5, 0.6) is 0 Å². The molecule has 0 aliphatic heterocycles. The van der Waals surface area contributed by atoms with Crippen molar-refractivity contribution in [1.29, 1.82) is 0 Å². The predicted molar refractivity (Wildman–Crippen MR) is 53.4 cm³/mol. The van der Waals surface area contributed by atoms with Crippen LogP contribution in [0, 0.1) is 5.92 Å². The second kappa shape index (κ2) is 5.60. The van der Waals surface area contributed by atoms with Crippen molar-refractivity contribution in [2.75, 3.05) is 6.79 Å². The van der Waals surface area contributed by atoms with Gasteiger partial charge in [0, 0.05) is 18.8 Å². The van der Waals surface area contributed by atoms with Gasteiger partial charge in [-0.15, -0.1) is 0 Å². The number of ether oxygens (including phenoxy) is 1. The molecule has 78 valence electrons. The van der Waals surface area contributed by atoms with E-state index in [2.05, 4.69) is 0 Å². The molecular weight excluding hydrogens is 180 g/mol. The Balaban J connectivity index is 2.49. The zero-order valence-electron chi connectivity index (χ0n) is 8.40. The minimum atomic E-state index is -0.325. The molecule has 3 nitrogen and oxygen atoms in total. The van der Waals surface area contributed by atoms with Gasteiger partial charge >= 0.3 is 0 Å². The monoisotopic (exact) mass is 196 g/mol. The van der Waals surface area contributed by atoms with E-state index >= 15 is 0 Å². The summed E-state index contributed by atoms with van der Waals surface area (Å²) in [5.74, 6) is 0.863. The molecule has 1 atom stereocenters. The molecule has 0 bridgehead atoms. The zero-order chi connectivity index (χ0) is 10.4. The third kappa shape index (κ3) is 3.00. The molecule has 1 aliphatic carbocycles. The standard InChI is InChI=1S/C11H16O3/c1-2-4-11(13)9-5-3-6-10(7-9)14-8-12/h3,5-6,9,12H,2,4,7-8H2,1H3. The van der Waals surface area contributed by atoms with Gasteiger partial charge in [-0.2, -0.15) is 0 Å². The van der Waals surface area contributed by atoms with E-state index in [9.17, 15) is 4.79 Å². The topological polar surface area (TPSA) is 46.5 Å². The van der Waals surface area contributed by atoms with Crippen molar-refractivity contribution in [3.05, 3.63) is 24.0 Å². The van der Waals surface area contributed by atoms with Gasteiger partial charge < -0.3 is 9.84 Å². The zero-order valence-corrected chi connectivity index (χ0v) is 8.40. The average Bonchev–Trinajstić information content (AvgIpc) is 2.19. The molecule has 3 heteroatoms. The van der Waals surface area contributed by atoms with E-state index in [4.69, 9.17) is 9.84 Å². The quantitative estimate of drug-likeness (QED) is 0.682. The minimum absolute atomic E-state index is 0.0681. The normalized spacial score (nSPS) is 20.4. The van der Waals surface area contributed by atoms with Crippen molar-refractivity contribution >= 4 is 5.78 Å². The molecule has 0 aromatic heterocycles. The number of carbonyl (C=O) groups excluding carboxylic acids is 1. The van der Waals surface area contributed by atoms with Crippen LogP contribution in [-0.2, 0) is 9.53 Å². The number of Topliss-reactive ketones (excluding diaryl/α,β-unsaturated/α-hetero) is 1. The average molecular weight is 196 g/mol. The van der Waals surface area contributed by atoms with Crippen molar-refractivity contribution in [2.45, 2.75) is 26.2 Å². The maximum Gasteiger partial charge on any atom is 0.185 e. The fraction of sp³-hybridized carbons (Fsp3) is 0.545. The summed E-state index contributed by atoms with van der Waals surface area (Å²) in [4.78, 5) is 11.6. The summed E-state index contributed by atoms with van der Waals surface area (Å²) in [5, 5.41) is 8.57. The first-order valence-electron chi connectivity index (χ1n) is 4.91. The minimum Gasteiger partial charge on any atom is -0.472 e. The van der Waals surface area contributed by atoms with Gasteiger partial charge in [0.15, 0.2) is 6.79 Å².